The summed E-state index contributed by atoms with van der Waals surface area (Å²) in [5.41, 5.74) is 0.998. The quantitative estimate of drug-likeness (QED) is 0.728. The van der Waals surface area contributed by atoms with Crippen molar-refractivity contribution in [2.45, 2.75) is 32.3 Å². The number of hydrogen-bond donors (Lipinski definition) is 0. The van der Waals surface area contributed by atoms with Crippen LogP contribution in [0.1, 0.15) is 25.7 Å². The smallest absolute Gasteiger partial charge is 0.309 e. The number of carbonyl (C=O) groups excluding carboxylic acids is 1. The minimum atomic E-state index is -0.367. The van der Waals surface area contributed by atoms with E-state index in [1.54, 1.807) is 0 Å². The maximum absolute atomic E-state index is 11.7. The summed E-state index contributed by atoms with van der Waals surface area (Å²) in [5.74, 6) is -0.142. The second kappa shape index (κ2) is 4.94. The molecular formula is C15H18O4. The van der Waals surface area contributed by atoms with E-state index in [2.05, 4.69) is 0 Å². The van der Waals surface area contributed by atoms with E-state index in [0.717, 1.165) is 5.56 Å². The molecule has 0 N–H and O–H groups in total. The van der Waals surface area contributed by atoms with Crippen LogP contribution in [0, 0.1) is 11.8 Å². The summed E-state index contributed by atoms with van der Waals surface area (Å²) in [4.78, 5) is 11.7. The molecule has 5 atom stereocenters. The van der Waals surface area contributed by atoms with Gasteiger partial charge >= 0.3 is 5.97 Å². The molecule has 2 saturated heterocycles. The van der Waals surface area contributed by atoms with Gasteiger partial charge in [0.1, 0.15) is 6.10 Å². The summed E-state index contributed by atoms with van der Waals surface area (Å²) < 4.78 is 17.0. The molecule has 2 aliphatic heterocycles. The maximum atomic E-state index is 11.7. The van der Waals surface area contributed by atoms with Crippen molar-refractivity contribution >= 4 is 5.97 Å². The van der Waals surface area contributed by atoms with Crippen molar-refractivity contribution in [3.63, 3.8) is 0 Å². The van der Waals surface area contributed by atoms with Gasteiger partial charge in [-0.15, -0.1) is 0 Å². The summed E-state index contributed by atoms with van der Waals surface area (Å²) in [7, 11) is 0. The molecule has 0 radical (unpaired) electrons. The van der Waals surface area contributed by atoms with Crippen LogP contribution in [0.15, 0.2) is 30.3 Å². The molecule has 0 saturated carbocycles. The minimum absolute atomic E-state index is 0.0911. The van der Waals surface area contributed by atoms with Crippen LogP contribution in [0.3, 0.4) is 0 Å². The number of hydrogen-bond acceptors (Lipinski definition) is 4. The van der Waals surface area contributed by atoms with E-state index >= 15 is 0 Å². The highest BCUT2D eigenvalue weighted by atomic mass is 16.7. The summed E-state index contributed by atoms with van der Waals surface area (Å²) in [6.07, 6.45) is -0.737. The Balaban J connectivity index is 1.77. The largest absolute Gasteiger partial charge is 0.457 e. The minimum Gasteiger partial charge on any atom is -0.457 e. The third-order valence-corrected chi connectivity index (χ3v) is 4.08. The van der Waals surface area contributed by atoms with E-state index in [9.17, 15) is 4.79 Å². The molecule has 0 spiro atoms. The molecule has 102 valence electrons. The van der Waals surface area contributed by atoms with Crippen molar-refractivity contribution in [2.75, 3.05) is 6.61 Å². The fraction of sp³-hybridized carbons (Fsp3) is 0.533. The maximum Gasteiger partial charge on any atom is 0.309 e. The molecule has 0 amide bonds. The standard InChI is InChI=1S/C15H18O4/c1-9-10(2)14(16)18-12-8-17-15(19-13(9)12)11-6-4-3-5-7-11/h3-7,9-10,12-13,15H,8H2,1-2H3. The summed E-state index contributed by atoms with van der Waals surface area (Å²) in [5, 5.41) is 0. The average molecular weight is 262 g/mol. The Kier molecular flexibility index (Phi) is 3.29. The van der Waals surface area contributed by atoms with Crippen LogP contribution in [0.2, 0.25) is 0 Å². The first-order valence-corrected chi connectivity index (χ1v) is 6.69. The molecule has 2 fully saturated rings. The van der Waals surface area contributed by atoms with Gasteiger partial charge in [-0.2, -0.15) is 0 Å². The lowest BCUT2D eigenvalue weighted by atomic mass is 9.85. The van der Waals surface area contributed by atoms with Gasteiger partial charge in [-0.1, -0.05) is 44.2 Å². The van der Waals surface area contributed by atoms with Gasteiger partial charge in [0.05, 0.1) is 12.5 Å². The van der Waals surface area contributed by atoms with E-state index in [0.29, 0.717) is 6.61 Å². The second-order valence-electron chi connectivity index (χ2n) is 5.30. The molecule has 5 unspecified atom stereocenters. The molecule has 0 bridgehead atoms. The Bertz CT molecular complexity index is 456. The van der Waals surface area contributed by atoms with Crippen LogP contribution in [0.4, 0.5) is 0 Å². The zero-order valence-electron chi connectivity index (χ0n) is 11.1. The van der Waals surface area contributed by atoms with Crippen molar-refractivity contribution in [3.05, 3.63) is 35.9 Å². The molecule has 3 rings (SSSR count). The Labute approximate surface area is 112 Å². The Morgan fingerprint density at radius 2 is 1.89 bits per heavy atom. The summed E-state index contributed by atoms with van der Waals surface area (Å²) >= 11 is 0. The van der Waals surface area contributed by atoms with E-state index < -0.39 is 0 Å². The molecule has 4 heteroatoms. The van der Waals surface area contributed by atoms with E-state index in [1.165, 1.54) is 0 Å². The fourth-order valence-electron chi connectivity index (χ4n) is 2.65. The second-order valence-corrected chi connectivity index (χ2v) is 5.30. The monoisotopic (exact) mass is 262 g/mol. The first kappa shape index (κ1) is 12.6. The molecule has 2 heterocycles. The highest BCUT2D eigenvalue weighted by Gasteiger charge is 2.46. The molecule has 0 aromatic heterocycles. The van der Waals surface area contributed by atoms with E-state index in [1.807, 2.05) is 44.2 Å². The third kappa shape index (κ3) is 2.26. The van der Waals surface area contributed by atoms with Gasteiger partial charge in [0.2, 0.25) is 0 Å². The average Bonchev–Trinajstić information content (AvgIpc) is 2.46. The SMILES string of the molecule is CC1C(=O)OC2COC(c3ccccc3)OC2C1C. The van der Waals surface area contributed by atoms with Gasteiger partial charge in [-0.25, -0.2) is 0 Å². The lowest BCUT2D eigenvalue weighted by molar-refractivity contribution is -0.287. The van der Waals surface area contributed by atoms with E-state index in [-0.39, 0.29) is 36.3 Å². The molecular weight excluding hydrogens is 244 g/mol. The number of esters is 1. The molecule has 0 aliphatic carbocycles. The Hall–Kier alpha value is -1.39. The van der Waals surface area contributed by atoms with Crippen LogP contribution >= 0.6 is 0 Å². The van der Waals surface area contributed by atoms with Gasteiger partial charge in [0.25, 0.3) is 0 Å². The predicted molar refractivity (Wildman–Crippen MR) is 68.2 cm³/mol. The molecule has 4 nitrogen and oxygen atoms in total. The van der Waals surface area contributed by atoms with Crippen LogP contribution in [-0.2, 0) is 19.0 Å². The number of ether oxygens (including phenoxy) is 3. The van der Waals surface area contributed by atoms with E-state index in [4.69, 9.17) is 14.2 Å². The predicted octanol–water partition coefficient (Wildman–Crippen LogP) is 2.30. The summed E-state index contributed by atoms with van der Waals surface area (Å²) in [6.45, 7) is 4.32. The van der Waals surface area contributed by atoms with Crippen molar-refractivity contribution in [1.29, 1.82) is 0 Å². The van der Waals surface area contributed by atoms with Crippen molar-refractivity contribution < 1.29 is 19.0 Å². The van der Waals surface area contributed by atoms with Gasteiger partial charge in [-0.3, -0.25) is 4.79 Å². The Morgan fingerprint density at radius 3 is 2.63 bits per heavy atom. The number of carbonyl (C=O) groups is 1. The third-order valence-electron chi connectivity index (χ3n) is 4.08. The van der Waals surface area contributed by atoms with Crippen LogP contribution in [0.5, 0.6) is 0 Å². The Morgan fingerprint density at radius 1 is 1.16 bits per heavy atom. The number of rotatable bonds is 1. The molecule has 19 heavy (non-hydrogen) atoms. The van der Waals surface area contributed by atoms with Crippen LogP contribution in [0.25, 0.3) is 0 Å². The molecule has 1 aromatic rings. The first-order valence-electron chi connectivity index (χ1n) is 6.69. The van der Waals surface area contributed by atoms with Crippen molar-refractivity contribution in [1.82, 2.24) is 0 Å². The summed E-state index contributed by atoms with van der Waals surface area (Å²) in [6, 6.07) is 9.84. The lowest BCUT2D eigenvalue weighted by Crippen LogP contribution is -2.53. The van der Waals surface area contributed by atoms with Crippen molar-refractivity contribution in [2.24, 2.45) is 11.8 Å². The highest BCUT2D eigenvalue weighted by Crippen LogP contribution is 2.36. The zero-order valence-corrected chi connectivity index (χ0v) is 11.1. The number of fused-ring (bicyclic) bond motifs is 1. The fourth-order valence-corrected chi connectivity index (χ4v) is 2.65. The highest BCUT2D eigenvalue weighted by molar-refractivity contribution is 5.73. The number of benzene rings is 1. The van der Waals surface area contributed by atoms with Crippen molar-refractivity contribution in [3.8, 4) is 0 Å². The van der Waals surface area contributed by atoms with Gasteiger partial charge in [0.15, 0.2) is 12.4 Å². The lowest BCUT2D eigenvalue weighted by Gasteiger charge is -2.44. The van der Waals surface area contributed by atoms with Gasteiger partial charge in [0, 0.05) is 5.56 Å². The van der Waals surface area contributed by atoms with Crippen LogP contribution in [-0.4, -0.2) is 24.8 Å². The topological polar surface area (TPSA) is 44.8 Å². The van der Waals surface area contributed by atoms with Gasteiger partial charge < -0.3 is 14.2 Å². The van der Waals surface area contributed by atoms with Crippen LogP contribution < -0.4 is 0 Å². The molecule has 2 aliphatic rings. The molecule has 1 aromatic carbocycles. The first-order chi connectivity index (χ1) is 9.16. The normalized spacial score (nSPS) is 38.4. The van der Waals surface area contributed by atoms with Gasteiger partial charge in [-0.05, 0) is 5.92 Å². The zero-order chi connectivity index (χ0) is 13.4.